The Morgan fingerprint density at radius 1 is 1.56 bits per heavy atom. The molecule has 0 aliphatic carbocycles. The van der Waals surface area contributed by atoms with Crippen molar-refractivity contribution < 1.29 is 23.5 Å². The summed E-state index contributed by atoms with van der Waals surface area (Å²) in [5.74, 6) is -0.547. The van der Waals surface area contributed by atoms with Gasteiger partial charge in [0.05, 0.1) is 12.7 Å². The summed E-state index contributed by atoms with van der Waals surface area (Å²) in [6.45, 7) is 0. The molecule has 1 aromatic carbocycles. The molecule has 0 amide bonds. The number of methoxy groups -OCH3 is 1. The minimum atomic E-state index is -2.35. The lowest BCUT2D eigenvalue weighted by atomic mass is 10.2. The van der Waals surface area contributed by atoms with Gasteiger partial charge in [-0.05, 0) is 35.5 Å². The predicted molar refractivity (Wildman–Crippen MR) is 67.6 cm³/mol. The molecule has 0 bridgehead atoms. The molecule has 1 rings (SSSR count). The van der Waals surface area contributed by atoms with Crippen molar-refractivity contribution in [3.63, 3.8) is 0 Å². The van der Waals surface area contributed by atoms with Crippen LogP contribution in [0.3, 0.4) is 0 Å². The first-order valence-electron chi connectivity index (χ1n) is 4.68. The molecule has 8 heteroatoms. The second-order valence-corrected chi connectivity index (χ2v) is 4.57. The summed E-state index contributed by atoms with van der Waals surface area (Å²) in [5.41, 5.74) is 1.98. The summed E-state index contributed by atoms with van der Waals surface area (Å²) < 4.78 is 26.3. The highest BCUT2D eigenvalue weighted by molar-refractivity contribution is 7.99. The van der Waals surface area contributed by atoms with Crippen LogP contribution in [0.4, 0.5) is 0 Å². The van der Waals surface area contributed by atoms with Crippen LogP contribution in [0.5, 0.6) is 0 Å². The van der Waals surface area contributed by atoms with Crippen molar-refractivity contribution in [3.05, 3.63) is 23.8 Å². The summed E-state index contributed by atoms with van der Waals surface area (Å²) in [5, 5.41) is 7.32. The number of benzene rings is 1. The minimum Gasteiger partial charge on any atom is -0.768 e. The SMILES string of the molecule is CNO.COC(=O)c1ccc(SC)c(S(=O)[O-])c1. The second kappa shape index (κ2) is 9.06. The Bertz CT molecular complexity index is 425. The fraction of sp³-hybridized carbons (Fsp3) is 0.300. The number of ether oxygens (including phenoxy) is 1. The van der Waals surface area contributed by atoms with Gasteiger partial charge in [0.2, 0.25) is 0 Å². The zero-order chi connectivity index (χ0) is 14.1. The number of hydrogen-bond acceptors (Lipinski definition) is 7. The van der Waals surface area contributed by atoms with E-state index in [2.05, 4.69) is 4.74 Å². The molecule has 0 aliphatic heterocycles. The fourth-order valence-corrected chi connectivity index (χ4v) is 2.43. The lowest BCUT2D eigenvalue weighted by Crippen LogP contribution is -2.03. The molecule has 0 aliphatic rings. The summed E-state index contributed by atoms with van der Waals surface area (Å²) in [6, 6.07) is 4.43. The van der Waals surface area contributed by atoms with E-state index in [1.165, 1.54) is 38.1 Å². The minimum absolute atomic E-state index is 0.116. The first kappa shape index (κ1) is 17.1. The third kappa shape index (κ3) is 5.15. The van der Waals surface area contributed by atoms with Gasteiger partial charge in [-0.2, -0.15) is 0 Å². The summed E-state index contributed by atoms with van der Waals surface area (Å²) >= 11 is -1.04. The monoisotopic (exact) mass is 292 g/mol. The molecule has 0 saturated heterocycles. The van der Waals surface area contributed by atoms with Gasteiger partial charge in [-0.1, -0.05) is 0 Å². The summed E-state index contributed by atoms with van der Waals surface area (Å²) in [7, 11) is 2.68. The smallest absolute Gasteiger partial charge is 0.337 e. The van der Waals surface area contributed by atoms with Crippen LogP contribution in [0.2, 0.25) is 0 Å². The average molecular weight is 292 g/mol. The number of carbonyl (C=O) groups is 1. The molecule has 0 aromatic heterocycles. The summed E-state index contributed by atoms with van der Waals surface area (Å²) in [4.78, 5) is 11.9. The maximum absolute atomic E-state index is 11.2. The van der Waals surface area contributed by atoms with Gasteiger partial charge in [-0.15, -0.1) is 11.8 Å². The number of hydroxylamine groups is 1. The summed E-state index contributed by atoms with van der Waals surface area (Å²) in [6.07, 6.45) is 1.77. The molecule has 0 fully saturated rings. The van der Waals surface area contributed by atoms with Crippen LogP contribution >= 0.6 is 11.8 Å². The van der Waals surface area contributed by atoms with Gasteiger partial charge in [-0.3, -0.25) is 4.21 Å². The number of thioether (sulfide) groups is 1. The van der Waals surface area contributed by atoms with Crippen molar-refractivity contribution in [2.75, 3.05) is 20.4 Å². The second-order valence-electron chi connectivity index (χ2n) is 2.82. The van der Waals surface area contributed by atoms with Crippen LogP contribution in [0, 0.1) is 0 Å². The molecule has 1 atom stereocenters. The van der Waals surface area contributed by atoms with Gasteiger partial charge in [0, 0.05) is 16.8 Å². The molecule has 0 heterocycles. The molecule has 0 spiro atoms. The van der Waals surface area contributed by atoms with Crippen LogP contribution in [0.15, 0.2) is 28.0 Å². The Labute approximate surface area is 112 Å². The van der Waals surface area contributed by atoms with Crippen molar-refractivity contribution in [1.29, 1.82) is 0 Å². The molecule has 0 saturated carbocycles. The normalized spacial score (nSPS) is 11.2. The van der Waals surface area contributed by atoms with E-state index in [4.69, 9.17) is 5.21 Å². The Hall–Kier alpha value is -0.930. The predicted octanol–water partition coefficient (Wildman–Crippen LogP) is 1.03. The molecule has 1 unspecified atom stereocenters. The van der Waals surface area contributed by atoms with Gasteiger partial charge < -0.3 is 14.5 Å². The van der Waals surface area contributed by atoms with E-state index >= 15 is 0 Å². The number of hydrogen-bond donors (Lipinski definition) is 2. The Kier molecular flexibility index (Phi) is 8.59. The van der Waals surface area contributed by atoms with Crippen molar-refractivity contribution in [2.24, 2.45) is 0 Å². The van der Waals surface area contributed by atoms with Crippen LogP contribution in [0.1, 0.15) is 10.4 Å². The first-order valence-corrected chi connectivity index (χ1v) is 6.98. The van der Waals surface area contributed by atoms with E-state index in [0.29, 0.717) is 4.90 Å². The molecule has 0 radical (unpaired) electrons. The van der Waals surface area contributed by atoms with Crippen molar-refractivity contribution in [1.82, 2.24) is 5.48 Å². The number of rotatable bonds is 3. The molecule has 18 heavy (non-hydrogen) atoms. The van der Waals surface area contributed by atoms with E-state index in [1.54, 1.807) is 17.8 Å². The van der Waals surface area contributed by atoms with Gasteiger partial charge in [-0.25, -0.2) is 10.3 Å². The molecular weight excluding hydrogens is 278 g/mol. The topological polar surface area (TPSA) is 98.7 Å². The van der Waals surface area contributed by atoms with Gasteiger partial charge in [0.1, 0.15) is 0 Å². The lowest BCUT2D eigenvalue weighted by Gasteiger charge is -2.11. The van der Waals surface area contributed by atoms with E-state index in [0.717, 1.165) is 0 Å². The quantitative estimate of drug-likeness (QED) is 0.371. The highest BCUT2D eigenvalue weighted by Gasteiger charge is 2.09. The lowest BCUT2D eigenvalue weighted by molar-refractivity contribution is 0.0600. The van der Waals surface area contributed by atoms with Crippen molar-refractivity contribution >= 4 is 28.8 Å². The zero-order valence-electron chi connectivity index (χ0n) is 10.1. The molecular formula is C10H14NO5S2-. The Balaban J connectivity index is 0.000000873. The van der Waals surface area contributed by atoms with Gasteiger partial charge in [0.15, 0.2) is 0 Å². The molecule has 1 aromatic rings. The number of nitrogens with one attached hydrogen (secondary N) is 1. The third-order valence-electron chi connectivity index (χ3n) is 1.76. The van der Waals surface area contributed by atoms with Crippen LogP contribution < -0.4 is 5.48 Å². The van der Waals surface area contributed by atoms with Crippen LogP contribution in [-0.2, 0) is 15.8 Å². The van der Waals surface area contributed by atoms with E-state index in [-0.39, 0.29) is 10.5 Å². The van der Waals surface area contributed by atoms with Crippen LogP contribution in [0.25, 0.3) is 0 Å². The first-order chi connectivity index (χ1) is 8.51. The largest absolute Gasteiger partial charge is 0.768 e. The number of carbonyl (C=O) groups excluding carboxylic acids is 1. The highest BCUT2D eigenvalue weighted by atomic mass is 32.2. The Morgan fingerprint density at radius 2 is 2.11 bits per heavy atom. The zero-order valence-corrected chi connectivity index (χ0v) is 11.8. The average Bonchev–Trinajstić information content (AvgIpc) is 2.37. The molecule has 102 valence electrons. The molecule has 2 N–H and O–H groups in total. The standard InChI is InChI=1S/C9H10O4S2.CH5NO/c1-13-9(10)6-3-4-7(14-2)8(5-6)15(11)12;1-2-3/h3-5H,1-2H3,(H,11,12);2-3H,1H3/p-1. The maximum atomic E-state index is 11.2. The molecule has 6 nitrogen and oxygen atoms in total. The fourth-order valence-electron chi connectivity index (χ4n) is 1.05. The van der Waals surface area contributed by atoms with E-state index in [1.807, 2.05) is 0 Å². The van der Waals surface area contributed by atoms with Crippen molar-refractivity contribution in [3.8, 4) is 0 Å². The third-order valence-corrected chi connectivity index (χ3v) is 3.39. The van der Waals surface area contributed by atoms with E-state index < -0.39 is 17.0 Å². The van der Waals surface area contributed by atoms with Crippen molar-refractivity contribution in [2.45, 2.75) is 9.79 Å². The number of esters is 1. The maximum Gasteiger partial charge on any atom is 0.337 e. The Morgan fingerprint density at radius 3 is 2.50 bits per heavy atom. The highest BCUT2D eigenvalue weighted by Crippen LogP contribution is 2.24. The van der Waals surface area contributed by atoms with E-state index in [9.17, 15) is 13.6 Å². The van der Waals surface area contributed by atoms with Gasteiger partial charge in [0.25, 0.3) is 0 Å². The van der Waals surface area contributed by atoms with Gasteiger partial charge >= 0.3 is 5.97 Å². The van der Waals surface area contributed by atoms with Crippen LogP contribution in [-0.4, -0.2) is 40.4 Å².